The molecule has 0 atom stereocenters. The summed E-state index contributed by atoms with van der Waals surface area (Å²) < 4.78 is 0. The fraction of sp³-hybridized carbons (Fsp3) is 0.786. The van der Waals surface area contributed by atoms with Gasteiger partial charge in [0.1, 0.15) is 0 Å². The monoisotopic (exact) mass is 210 g/mol. The van der Waals surface area contributed by atoms with E-state index in [9.17, 15) is 4.79 Å². The molecular weight excluding hydrogens is 184 g/mol. The van der Waals surface area contributed by atoms with Gasteiger partial charge >= 0.3 is 0 Å². The average Bonchev–Trinajstić information content (AvgIpc) is 2.23. The minimum absolute atomic E-state index is 0.377. The Morgan fingerprint density at radius 3 is 2.13 bits per heavy atom. The van der Waals surface area contributed by atoms with E-state index in [1.165, 1.54) is 19.3 Å². The molecule has 0 saturated heterocycles. The second kappa shape index (κ2) is 9.95. The number of Topliss-reactive ketones (excluding diaryl/α,β-unsaturated/α-hetero) is 1. The van der Waals surface area contributed by atoms with Gasteiger partial charge in [0.2, 0.25) is 0 Å². The van der Waals surface area contributed by atoms with Crippen LogP contribution in [0.25, 0.3) is 0 Å². The first kappa shape index (κ1) is 14.4. The minimum atomic E-state index is 0.377. The number of carbonyl (C=O) groups excluding carboxylic acids is 1. The molecule has 0 amide bonds. The van der Waals surface area contributed by atoms with E-state index in [4.69, 9.17) is 0 Å². The zero-order valence-corrected chi connectivity index (χ0v) is 10.6. The van der Waals surface area contributed by atoms with Gasteiger partial charge in [-0.3, -0.25) is 4.79 Å². The zero-order chi connectivity index (χ0) is 11.5. The molecule has 0 aromatic carbocycles. The third-order valence-corrected chi connectivity index (χ3v) is 2.58. The van der Waals surface area contributed by atoms with E-state index in [2.05, 4.69) is 26.8 Å². The molecule has 15 heavy (non-hydrogen) atoms. The molecule has 0 spiro atoms. The van der Waals surface area contributed by atoms with Crippen molar-refractivity contribution in [2.45, 2.75) is 72.1 Å². The van der Waals surface area contributed by atoms with Crippen molar-refractivity contribution in [3.63, 3.8) is 0 Å². The molecule has 0 aliphatic heterocycles. The van der Waals surface area contributed by atoms with Gasteiger partial charge in [-0.15, -0.1) is 0 Å². The van der Waals surface area contributed by atoms with Gasteiger partial charge < -0.3 is 0 Å². The first-order valence-corrected chi connectivity index (χ1v) is 6.48. The average molecular weight is 210 g/mol. The number of allylic oxidation sites excluding steroid dienone is 2. The summed E-state index contributed by atoms with van der Waals surface area (Å²) in [6.45, 7) is 6.43. The first-order valence-electron chi connectivity index (χ1n) is 6.48. The fourth-order valence-corrected chi connectivity index (χ4v) is 1.59. The van der Waals surface area contributed by atoms with Crippen LogP contribution in [-0.4, -0.2) is 5.78 Å². The lowest BCUT2D eigenvalue weighted by molar-refractivity contribution is -0.115. The molecule has 0 unspecified atom stereocenters. The number of hydrogen-bond acceptors (Lipinski definition) is 1. The summed E-state index contributed by atoms with van der Waals surface area (Å²) in [6.07, 6.45) is 10.7. The molecule has 0 aliphatic rings. The van der Waals surface area contributed by atoms with E-state index in [1.807, 2.05) is 0 Å². The predicted molar refractivity (Wildman–Crippen MR) is 67.0 cm³/mol. The number of carbonyl (C=O) groups is 1. The first-order chi connectivity index (χ1) is 7.26. The summed E-state index contributed by atoms with van der Waals surface area (Å²) in [5, 5.41) is 0. The normalized spacial score (nSPS) is 11.8. The molecule has 0 fully saturated rings. The maximum atomic E-state index is 11.8. The molecule has 0 aromatic rings. The summed E-state index contributed by atoms with van der Waals surface area (Å²) >= 11 is 0. The minimum Gasteiger partial charge on any atom is -0.295 e. The predicted octanol–water partition coefficient (Wildman–Crippen LogP) is 4.66. The van der Waals surface area contributed by atoms with Gasteiger partial charge in [0.15, 0.2) is 5.78 Å². The maximum Gasteiger partial charge on any atom is 0.158 e. The highest BCUT2D eigenvalue weighted by atomic mass is 16.1. The molecule has 0 aromatic heterocycles. The second-order valence-corrected chi connectivity index (χ2v) is 4.15. The van der Waals surface area contributed by atoms with Crippen LogP contribution < -0.4 is 0 Å². The Morgan fingerprint density at radius 2 is 1.60 bits per heavy atom. The van der Waals surface area contributed by atoms with Gasteiger partial charge in [-0.05, 0) is 31.3 Å². The van der Waals surface area contributed by atoms with Crippen LogP contribution in [0.4, 0.5) is 0 Å². The van der Waals surface area contributed by atoms with Crippen molar-refractivity contribution >= 4 is 5.78 Å². The third kappa shape index (κ3) is 7.35. The highest BCUT2D eigenvalue weighted by molar-refractivity contribution is 5.95. The van der Waals surface area contributed by atoms with Gasteiger partial charge in [-0.2, -0.15) is 0 Å². The largest absolute Gasteiger partial charge is 0.295 e. The van der Waals surface area contributed by atoms with E-state index in [-0.39, 0.29) is 0 Å². The molecule has 1 heteroatoms. The van der Waals surface area contributed by atoms with Crippen LogP contribution >= 0.6 is 0 Å². The molecule has 1 nitrogen and oxygen atoms in total. The number of ketones is 1. The van der Waals surface area contributed by atoms with Crippen molar-refractivity contribution in [3.05, 3.63) is 11.6 Å². The Hall–Kier alpha value is -0.590. The maximum absolute atomic E-state index is 11.8. The van der Waals surface area contributed by atoms with E-state index >= 15 is 0 Å². The lowest BCUT2D eigenvalue weighted by atomic mass is 9.99. The topological polar surface area (TPSA) is 17.1 Å². The van der Waals surface area contributed by atoms with Gasteiger partial charge in [0.25, 0.3) is 0 Å². The molecule has 0 aliphatic carbocycles. The van der Waals surface area contributed by atoms with E-state index in [0.717, 1.165) is 37.7 Å². The van der Waals surface area contributed by atoms with E-state index in [1.54, 1.807) is 0 Å². The molecule has 0 rings (SSSR count). The lowest BCUT2D eigenvalue weighted by Crippen LogP contribution is -2.02. The number of hydrogen-bond donors (Lipinski definition) is 0. The molecule has 0 radical (unpaired) electrons. The highest BCUT2D eigenvalue weighted by Crippen LogP contribution is 2.13. The fourth-order valence-electron chi connectivity index (χ4n) is 1.59. The van der Waals surface area contributed by atoms with Crippen LogP contribution in [0.5, 0.6) is 0 Å². The number of unbranched alkanes of at least 4 members (excludes halogenated alkanes) is 3. The highest BCUT2D eigenvalue weighted by Gasteiger charge is 2.06. The Labute approximate surface area is 95.0 Å². The molecule has 0 saturated carbocycles. The van der Waals surface area contributed by atoms with Crippen LogP contribution in [0, 0.1) is 0 Å². The Kier molecular flexibility index (Phi) is 9.55. The molecular formula is C14H26O. The van der Waals surface area contributed by atoms with E-state index < -0.39 is 0 Å². The van der Waals surface area contributed by atoms with Crippen molar-refractivity contribution in [2.75, 3.05) is 0 Å². The van der Waals surface area contributed by atoms with Crippen LogP contribution in [0.2, 0.25) is 0 Å². The van der Waals surface area contributed by atoms with Crippen molar-refractivity contribution in [1.29, 1.82) is 0 Å². The summed E-state index contributed by atoms with van der Waals surface area (Å²) in [4.78, 5) is 11.8. The SMILES string of the molecule is CCCC/C=C(\CCCC)C(=O)CCC. The van der Waals surface area contributed by atoms with Gasteiger partial charge in [0.05, 0.1) is 0 Å². The quantitative estimate of drug-likeness (QED) is 0.399. The van der Waals surface area contributed by atoms with Crippen LogP contribution in [0.3, 0.4) is 0 Å². The summed E-state index contributed by atoms with van der Waals surface area (Å²) in [6, 6.07) is 0. The van der Waals surface area contributed by atoms with Crippen LogP contribution in [0.1, 0.15) is 72.1 Å². The standard InChI is InChI=1S/C14H26O/c1-4-7-9-12-13(11-8-5-2)14(15)10-6-3/h12H,4-11H2,1-3H3/b13-12+. The zero-order valence-electron chi connectivity index (χ0n) is 10.6. The van der Waals surface area contributed by atoms with E-state index in [0.29, 0.717) is 5.78 Å². The Bertz CT molecular complexity index is 192. The number of rotatable bonds is 9. The summed E-state index contributed by atoms with van der Waals surface area (Å²) in [7, 11) is 0. The van der Waals surface area contributed by atoms with Gasteiger partial charge in [0, 0.05) is 6.42 Å². The Morgan fingerprint density at radius 1 is 0.933 bits per heavy atom. The van der Waals surface area contributed by atoms with Crippen LogP contribution in [0.15, 0.2) is 11.6 Å². The molecule has 0 bridgehead atoms. The van der Waals surface area contributed by atoms with Crippen molar-refractivity contribution < 1.29 is 4.79 Å². The van der Waals surface area contributed by atoms with Crippen molar-refractivity contribution in [3.8, 4) is 0 Å². The van der Waals surface area contributed by atoms with Crippen LogP contribution in [-0.2, 0) is 4.79 Å². The molecule has 88 valence electrons. The van der Waals surface area contributed by atoms with Crippen molar-refractivity contribution in [2.24, 2.45) is 0 Å². The lowest BCUT2D eigenvalue weighted by Gasteiger charge is -2.05. The smallest absolute Gasteiger partial charge is 0.158 e. The molecule has 0 N–H and O–H groups in total. The van der Waals surface area contributed by atoms with Gasteiger partial charge in [-0.25, -0.2) is 0 Å². The van der Waals surface area contributed by atoms with Gasteiger partial charge in [-0.1, -0.05) is 46.1 Å². The molecule has 0 heterocycles. The summed E-state index contributed by atoms with van der Waals surface area (Å²) in [5.74, 6) is 0.377. The summed E-state index contributed by atoms with van der Waals surface area (Å²) in [5.41, 5.74) is 1.09. The third-order valence-electron chi connectivity index (χ3n) is 2.58. The Balaban J connectivity index is 4.15. The second-order valence-electron chi connectivity index (χ2n) is 4.15. The van der Waals surface area contributed by atoms with Crippen molar-refractivity contribution in [1.82, 2.24) is 0 Å².